The molecule has 1 unspecified atom stereocenters. The van der Waals surface area contributed by atoms with Gasteiger partial charge in [-0.3, -0.25) is 4.79 Å². The van der Waals surface area contributed by atoms with Crippen molar-refractivity contribution in [3.63, 3.8) is 0 Å². The van der Waals surface area contributed by atoms with Gasteiger partial charge in [-0.25, -0.2) is 13.1 Å². The maximum absolute atomic E-state index is 12.9. The Morgan fingerprint density at radius 3 is 2.75 bits per heavy atom. The minimum atomic E-state index is -3.87. The number of nitrogens with two attached hydrogens (primary N) is 1. The third-order valence-electron chi connectivity index (χ3n) is 4.46. The van der Waals surface area contributed by atoms with Gasteiger partial charge in [0.05, 0.1) is 12.8 Å². The van der Waals surface area contributed by atoms with E-state index in [1.807, 2.05) is 6.92 Å². The number of nitrogens with one attached hydrogen (secondary N) is 2. The summed E-state index contributed by atoms with van der Waals surface area (Å²) in [4.78, 5) is 11.4. The maximum atomic E-state index is 12.9. The van der Waals surface area contributed by atoms with Gasteiger partial charge in [-0.1, -0.05) is 0 Å². The molecule has 9 heteroatoms. The second-order valence-corrected chi connectivity index (χ2v) is 7.99. The van der Waals surface area contributed by atoms with E-state index >= 15 is 0 Å². The van der Waals surface area contributed by atoms with E-state index in [-0.39, 0.29) is 41.4 Å². The van der Waals surface area contributed by atoms with Crippen molar-refractivity contribution in [1.29, 1.82) is 0 Å². The summed E-state index contributed by atoms with van der Waals surface area (Å²) in [6, 6.07) is 2.80. The first kappa shape index (κ1) is 17.0. The Morgan fingerprint density at radius 2 is 2.17 bits per heavy atom. The van der Waals surface area contributed by atoms with Crippen LogP contribution < -0.4 is 25.2 Å². The second kappa shape index (κ2) is 5.91. The molecule has 0 radical (unpaired) electrons. The Hall–Kier alpha value is -1.84. The summed E-state index contributed by atoms with van der Waals surface area (Å²) in [7, 11) is -2.50. The van der Waals surface area contributed by atoms with Crippen LogP contribution in [0.15, 0.2) is 17.0 Å². The van der Waals surface area contributed by atoms with Crippen LogP contribution in [0.3, 0.4) is 0 Å². The number of carbonyl (C=O) groups excluding carboxylic acids is 1. The van der Waals surface area contributed by atoms with Crippen LogP contribution in [0.2, 0.25) is 0 Å². The van der Waals surface area contributed by atoms with Gasteiger partial charge in [0, 0.05) is 24.2 Å². The molecule has 24 heavy (non-hydrogen) atoms. The summed E-state index contributed by atoms with van der Waals surface area (Å²) in [6.45, 7) is 1.86. The number of anilines is 1. The highest BCUT2D eigenvalue weighted by Crippen LogP contribution is 2.41. The average Bonchev–Trinajstić information content (AvgIpc) is 3.38. The fraction of sp³-hybridized carbons (Fsp3) is 0.533. The monoisotopic (exact) mass is 355 g/mol. The average molecular weight is 355 g/mol. The number of sulfonamides is 1. The molecule has 0 bridgehead atoms. The van der Waals surface area contributed by atoms with Gasteiger partial charge in [0.25, 0.3) is 5.91 Å². The van der Waals surface area contributed by atoms with E-state index in [2.05, 4.69) is 10.0 Å². The lowest BCUT2D eigenvalue weighted by atomic mass is 9.98. The van der Waals surface area contributed by atoms with Gasteiger partial charge >= 0.3 is 0 Å². The van der Waals surface area contributed by atoms with Crippen LogP contribution in [0.5, 0.6) is 11.5 Å². The van der Waals surface area contributed by atoms with E-state index in [0.717, 1.165) is 12.8 Å². The molecule has 0 aromatic heterocycles. The molecule has 8 nitrogen and oxygen atoms in total. The molecule has 4 N–H and O–H groups in total. The van der Waals surface area contributed by atoms with Gasteiger partial charge < -0.3 is 20.5 Å². The van der Waals surface area contributed by atoms with Crippen molar-refractivity contribution in [2.75, 3.05) is 25.6 Å². The van der Waals surface area contributed by atoms with Crippen molar-refractivity contribution < 1.29 is 22.7 Å². The molecule has 2 aliphatic rings. The zero-order chi connectivity index (χ0) is 17.5. The molecule has 0 saturated heterocycles. The first-order valence-corrected chi connectivity index (χ1v) is 9.16. The molecule has 0 spiro atoms. The topological polar surface area (TPSA) is 120 Å². The molecule has 3 rings (SSSR count). The summed E-state index contributed by atoms with van der Waals surface area (Å²) in [5.41, 5.74) is 5.48. The molecular formula is C15H21N3O5S. The highest BCUT2D eigenvalue weighted by atomic mass is 32.2. The molecular weight excluding hydrogens is 334 g/mol. The van der Waals surface area contributed by atoms with E-state index in [0.29, 0.717) is 5.69 Å². The Labute approximate surface area is 140 Å². The van der Waals surface area contributed by atoms with Crippen molar-refractivity contribution in [1.82, 2.24) is 4.72 Å². The zero-order valence-electron chi connectivity index (χ0n) is 13.6. The Balaban J connectivity index is 1.99. The second-order valence-electron chi connectivity index (χ2n) is 6.34. The van der Waals surface area contributed by atoms with Gasteiger partial charge in [-0.2, -0.15) is 0 Å². The highest BCUT2D eigenvalue weighted by Gasteiger charge is 2.44. The molecule has 1 atom stereocenters. The van der Waals surface area contributed by atoms with E-state index in [1.165, 1.54) is 19.2 Å². The SMILES string of the molecule is COc1cc2c(cc1S(=O)(=O)NC(C)(CN)C1CC1)OCC(=O)N2. The van der Waals surface area contributed by atoms with Gasteiger partial charge in [0.15, 0.2) is 6.61 Å². The largest absolute Gasteiger partial charge is 0.495 e. The van der Waals surface area contributed by atoms with E-state index in [9.17, 15) is 13.2 Å². The Bertz CT molecular complexity index is 776. The fourth-order valence-corrected chi connectivity index (χ4v) is 4.47. The molecule has 1 fully saturated rings. The van der Waals surface area contributed by atoms with Crippen molar-refractivity contribution in [2.24, 2.45) is 11.7 Å². The quantitative estimate of drug-likeness (QED) is 0.681. The Kier molecular flexibility index (Phi) is 4.18. The van der Waals surface area contributed by atoms with E-state index < -0.39 is 15.6 Å². The lowest BCUT2D eigenvalue weighted by molar-refractivity contribution is -0.118. The Morgan fingerprint density at radius 1 is 1.46 bits per heavy atom. The van der Waals surface area contributed by atoms with Crippen molar-refractivity contribution in [3.8, 4) is 11.5 Å². The van der Waals surface area contributed by atoms with Crippen LogP contribution in [0.4, 0.5) is 5.69 Å². The van der Waals surface area contributed by atoms with E-state index in [1.54, 1.807) is 0 Å². The van der Waals surface area contributed by atoms with Gasteiger partial charge in [-0.05, 0) is 25.7 Å². The van der Waals surface area contributed by atoms with Crippen LogP contribution in [-0.2, 0) is 14.8 Å². The number of amides is 1. The standard InChI is InChI=1S/C15H21N3O5S/c1-15(8-16,9-3-4-9)18-24(20,21)13-6-11-10(5-12(13)22-2)17-14(19)7-23-11/h5-6,9,18H,3-4,7-8,16H2,1-2H3,(H,17,19). The highest BCUT2D eigenvalue weighted by molar-refractivity contribution is 7.89. The lowest BCUT2D eigenvalue weighted by Gasteiger charge is -2.29. The van der Waals surface area contributed by atoms with Crippen molar-refractivity contribution in [3.05, 3.63) is 12.1 Å². The molecule has 132 valence electrons. The fourth-order valence-electron chi connectivity index (χ4n) is 2.83. The minimum absolute atomic E-state index is 0.0415. The van der Waals surface area contributed by atoms with E-state index in [4.69, 9.17) is 15.2 Å². The lowest BCUT2D eigenvalue weighted by Crippen LogP contribution is -2.53. The zero-order valence-corrected chi connectivity index (χ0v) is 14.4. The number of carbonyl (C=O) groups is 1. The third kappa shape index (κ3) is 3.06. The number of rotatable bonds is 6. The summed E-state index contributed by atoms with van der Waals surface area (Å²) < 4.78 is 39.0. The van der Waals surface area contributed by atoms with Gasteiger partial charge in [0.2, 0.25) is 10.0 Å². The normalized spacial score (nSPS) is 19.7. The third-order valence-corrected chi connectivity index (χ3v) is 6.09. The van der Waals surface area contributed by atoms with Crippen LogP contribution in [-0.4, -0.2) is 40.1 Å². The number of benzene rings is 1. The van der Waals surface area contributed by atoms with Crippen LogP contribution in [0.1, 0.15) is 19.8 Å². The molecule has 1 heterocycles. The van der Waals surface area contributed by atoms with Crippen LogP contribution in [0, 0.1) is 5.92 Å². The minimum Gasteiger partial charge on any atom is -0.495 e. The molecule has 1 aliphatic heterocycles. The summed E-state index contributed by atoms with van der Waals surface area (Å²) in [5.74, 6) is 0.345. The summed E-state index contributed by atoms with van der Waals surface area (Å²) in [6.07, 6.45) is 1.90. The molecule has 1 amide bonds. The summed E-state index contributed by atoms with van der Waals surface area (Å²) >= 11 is 0. The number of hydrogen-bond donors (Lipinski definition) is 3. The van der Waals surface area contributed by atoms with Gasteiger partial charge in [-0.15, -0.1) is 0 Å². The molecule has 1 aromatic rings. The number of methoxy groups -OCH3 is 1. The van der Waals surface area contributed by atoms with Crippen molar-refractivity contribution in [2.45, 2.75) is 30.2 Å². The number of ether oxygens (including phenoxy) is 2. The maximum Gasteiger partial charge on any atom is 0.262 e. The predicted octanol–water partition coefficient (Wildman–Crippen LogP) is 0.432. The molecule has 1 saturated carbocycles. The molecule has 1 aromatic carbocycles. The first-order valence-electron chi connectivity index (χ1n) is 7.68. The van der Waals surface area contributed by atoms with Crippen LogP contribution >= 0.6 is 0 Å². The smallest absolute Gasteiger partial charge is 0.262 e. The van der Waals surface area contributed by atoms with Crippen molar-refractivity contribution >= 4 is 21.6 Å². The predicted molar refractivity (Wildman–Crippen MR) is 87.6 cm³/mol. The first-order chi connectivity index (χ1) is 11.3. The molecule has 1 aliphatic carbocycles. The van der Waals surface area contributed by atoms with Crippen LogP contribution in [0.25, 0.3) is 0 Å². The summed E-state index contributed by atoms with van der Waals surface area (Å²) in [5, 5.41) is 2.62. The number of fused-ring (bicyclic) bond motifs is 1. The number of hydrogen-bond acceptors (Lipinski definition) is 6. The van der Waals surface area contributed by atoms with Gasteiger partial charge in [0.1, 0.15) is 16.4 Å².